The number of rotatable bonds is 7. The van der Waals surface area contributed by atoms with Gasteiger partial charge in [0.15, 0.2) is 9.84 Å². The van der Waals surface area contributed by atoms with Crippen LogP contribution < -0.4 is 4.72 Å². The summed E-state index contributed by atoms with van der Waals surface area (Å²) >= 11 is 0. The van der Waals surface area contributed by atoms with Crippen LogP contribution in [0.15, 0.2) is 29.2 Å². The molecule has 2 N–H and O–H groups in total. The third-order valence-electron chi connectivity index (χ3n) is 2.57. The summed E-state index contributed by atoms with van der Waals surface area (Å²) in [7, 11) is -5.63. The van der Waals surface area contributed by atoms with Gasteiger partial charge < -0.3 is 5.11 Å². The molecule has 1 aromatic rings. The van der Waals surface area contributed by atoms with Crippen LogP contribution in [-0.2, 0) is 20.0 Å². The van der Waals surface area contributed by atoms with Crippen LogP contribution in [0.2, 0.25) is 0 Å². The Balaban J connectivity index is 2.83. The van der Waals surface area contributed by atoms with Gasteiger partial charge in [0, 0.05) is 32.1 Å². The largest absolute Gasteiger partial charge is 0.396 e. The molecular weight excluding hydrogens is 304 g/mol. The van der Waals surface area contributed by atoms with E-state index in [1.807, 2.05) is 0 Å². The highest BCUT2D eigenvalue weighted by Crippen LogP contribution is 2.15. The molecule has 0 spiro atoms. The van der Waals surface area contributed by atoms with E-state index in [2.05, 4.69) is 4.72 Å². The summed E-state index contributed by atoms with van der Waals surface area (Å²) < 4.78 is 49.8. The lowest BCUT2D eigenvalue weighted by atomic mass is 10.3. The molecule has 1 rings (SSSR count). The second-order valence-corrected chi connectivity index (χ2v) is 8.10. The van der Waals surface area contributed by atoms with Gasteiger partial charge in [0.2, 0.25) is 0 Å². The molecule has 0 atom stereocenters. The molecule has 7 nitrogen and oxygen atoms in total. The zero-order valence-corrected chi connectivity index (χ0v) is 12.9. The fraction of sp³-hybridized carbons (Fsp3) is 0.455. The average Bonchev–Trinajstić information content (AvgIpc) is 2.34. The van der Waals surface area contributed by atoms with E-state index in [0.29, 0.717) is 6.42 Å². The second-order valence-electron chi connectivity index (χ2n) is 4.30. The van der Waals surface area contributed by atoms with E-state index >= 15 is 0 Å². The molecule has 1 aromatic carbocycles. The lowest BCUT2D eigenvalue weighted by Gasteiger charge is -2.17. The average molecular weight is 322 g/mol. The van der Waals surface area contributed by atoms with Crippen molar-refractivity contribution >= 4 is 25.7 Å². The highest BCUT2D eigenvalue weighted by Gasteiger charge is 2.17. The molecule has 114 valence electrons. The summed E-state index contributed by atoms with van der Waals surface area (Å²) in [5.74, 6) is 0. The van der Waals surface area contributed by atoms with E-state index < -0.39 is 20.0 Å². The molecule has 0 bridgehead atoms. The molecule has 0 unspecified atom stereocenters. The van der Waals surface area contributed by atoms with Crippen molar-refractivity contribution in [3.63, 3.8) is 0 Å². The Morgan fingerprint density at radius 2 is 1.70 bits per heavy atom. The lowest BCUT2D eigenvalue weighted by Crippen LogP contribution is -2.33. The van der Waals surface area contributed by atoms with Crippen LogP contribution >= 0.6 is 0 Å². The predicted octanol–water partition coefficient (Wildman–Crippen LogP) is 0.0610. The smallest absolute Gasteiger partial charge is 0.301 e. The molecule has 0 saturated carbocycles. The van der Waals surface area contributed by atoms with E-state index in [1.54, 1.807) is 0 Å². The van der Waals surface area contributed by atoms with E-state index in [4.69, 9.17) is 5.11 Å². The van der Waals surface area contributed by atoms with Crippen molar-refractivity contribution in [3.8, 4) is 0 Å². The van der Waals surface area contributed by atoms with Gasteiger partial charge >= 0.3 is 10.2 Å². The minimum absolute atomic E-state index is 0.0943. The van der Waals surface area contributed by atoms with Gasteiger partial charge in [-0.25, -0.2) is 8.42 Å². The topological polar surface area (TPSA) is 104 Å². The van der Waals surface area contributed by atoms with Crippen molar-refractivity contribution in [2.24, 2.45) is 0 Å². The van der Waals surface area contributed by atoms with Crippen LogP contribution in [0.1, 0.15) is 6.42 Å². The van der Waals surface area contributed by atoms with Crippen LogP contribution in [0.3, 0.4) is 0 Å². The fourth-order valence-electron chi connectivity index (χ4n) is 1.41. The zero-order valence-electron chi connectivity index (χ0n) is 11.3. The molecular formula is C11H18N2O5S2. The van der Waals surface area contributed by atoms with Crippen molar-refractivity contribution in [1.29, 1.82) is 0 Å². The first kappa shape index (κ1) is 16.9. The van der Waals surface area contributed by atoms with E-state index in [9.17, 15) is 16.8 Å². The van der Waals surface area contributed by atoms with Crippen LogP contribution in [0.25, 0.3) is 0 Å². The molecule has 0 aromatic heterocycles. The van der Waals surface area contributed by atoms with Crippen molar-refractivity contribution in [2.45, 2.75) is 11.3 Å². The van der Waals surface area contributed by atoms with Gasteiger partial charge in [0.1, 0.15) is 0 Å². The van der Waals surface area contributed by atoms with Gasteiger partial charge in [-0.15, -0.1) is 0 Å². The number of nitrogens with zero attached hydrogens (tertiary/aromatic N) is 1. The quantitative estimate of drug-likeness (QED) is 0.739. The highest BCUT2D eigenvalue weighted by atomic mass is 32.2. The monoisotopic (exact) mass is 322 g/mol. The molecule has 0 aliphatic heterocycles. The van der Waals surface area contributed by atoms with Crippen molar-refractivity contribution < 1.29 is 21.9 Å². The summed E-state index contributed by atoms with van der Waals surface area (Å²) in [6.07, 6.45) is 1.42. The van der Waals surface area contributed by atoms with E-state index in [1.165, 1.54) is 31.3 Å². The van der Waals surface area contributed by atoms with Crippen LogP contribution in [0.4, 0.5) is 5.69 Å². The highest BCUT2D eigenvalue weighted by molar-refractivity contribution is 7.90. The third kappa shape index (κ3) is 4.75. The Morgan fingerprint density at radius 3 is 2.15 bits per heavy atom. The minimum atomic E-state index is -3.71. The maximum atomic E-state index is 11.9. The number of nitrogens with one attached hydrogen (secondary N) is 1. The summed E-state index contributed by atoms with van der Waals surface area (Å²) in [6, 6.07) is 5.43. The van der Waals surface area contributed by atoms with Gasteiger partial charge in [-0.2, -0.15) is 12.7 Å². The first-order chi connectivity index (χ1) is 9.16. The Labute approximate surface area is 119 Å². The normalized spacial score (nSPS) is 12.6. The van der Waals surface area contributed by atoms with E-state index in [0.717, 1.165) is 10.6 Å². The first-order valence-corrected chi connectivity index (χ1v) is 9.15. The lowest BCUT2D eigenvalue weighted by molar-refractivity contribution is 0.276. The van der Waals surface area contributed by atoms with Gasteiger partial charge in [-0.3, -0.25) is 4.72 Å². The fourth-order valence-corrected chi connectivity index (χ4v) is 3.00. The molecule has 0 fully saturated rings. The summed E-state index contributed by atoms with van der Waals surface area (Å²) in [5.41, 5.74) is 0.272. The number of hydrogen-bond donors (Lipinski definition) is 2. The van der Waals surface area contributed by atoms with Gasteiger partial charge in [0.25, 0.3) is 0 Å². The van der Waals surface area contributed by atoms with Crippen molar-refractivity contribution in [2.75, 3.05) is 31.2 Å². The molecule has 20 heavy (non-hydrogen) atoms. The predicted molar refractivity (Wildman–Crippen MR) is 76.4 cm³/mol. The first-order valence-electron chi connectivity index (χ1n) is 5.82. The van der Waals surface area contributed by atoms with E-state index in [-0.39, 0.29) is 23.7 Å². The maximum Gasteiger partial charge on any atom is 0.301 e. The Morgan fingerprint density at radius 1 is 1.15 bits per heavy atom. The molecule has 0 aliphatic carbocycles. The van der Waals surface area contributed by atoms with Crippen molar-refractivity contribution in [1.82, 2.24) is 4.31 Å². The Kier molecular flexibility index (Phi) is 5.51. The second kappa shape index (κ2) is 6.53. The van der Waals surface area contributed by atoms with Gasteiger partial charge in [0.05, 0.1) is 4.90 Å². The van der Waals surface area contributed by atoms with Crippen LogP contribution in [-0.4, -0.2) is 52.7 Å². The molecule has 0 radical (unpaired) electrons. The third-order valence-corrected chi connectivity index (χ3v) is 5.20. The number of anilines is 1. The van der Waals surface area contributed by atoms with Crippen LogP contribution in [0.5, 0.6) is 0 Å². The van der Waals surface area contributed by atoms with Gasteiger partial charge in [-0.05, 0) is 30.7 Å². The SMILES string of the molecule is CN(CCCO)S(=O)(=O)Nc1ccc(S(C)(=O)=O)cc1. The van der Waals surface area contributed by atoms with Crippen LogP contribution in [0, 0.1) is 0 Å². The summed E-state index contributed by atoms with van der Waals surface area (Å²) in [6.45, 7) is 0.0934. The number of hydrogen-bond acceptors (Lipinski definition) is 5. The molecule has 9 heteroatoms. The van der Waals surface area contributed by atoms with Crippen molar-refractivity contribution in [3.05, 3.63) is 24.3 Å². The molecule has 0 amide bonds. The Bertz CT molecular complexity index is 638. The molecule has 0 aliphatic rings. The number of aliphatic hydroxyl groups is 1. The molecule has 0 saturated heterocycles. The zero-order chi connectivity index (χ0) is 15.4. The number of aliphatic hydroxyl groups excluding tert-OH is 1. The Hall–Kier alpha value is -1.16. The molecule has 0 heterocycles. The minimum Gasteiger partial charge on any atom is -0.396 e. The number of benzene rings is 1. The number of sulfone groups is 1. The maximum absolute atomic E-state index is 11.9. The van der Waals surface area contributed by atoms with Gasteiger partial charge in [-0.1, -0.05) is 0 Å². The standard InChI is InChI=1S/C11H18N2O5S2/c1-13(8-3-9-14)20(17,18)12-10-4-6-11(7-5-10)19(2,15)16/h4-7,12,14H,3,8-9H2,1-2H3. The summed E-state index contributed by atoms with van der Waals surface area (Å²) in [4.78, 5) is 0.120. The summed E-state index contributed by atoms with van der Waals surface area (Å²) in [5, 5.41) is 8.68.